The second kappa shape index (κ2) is 8.64. The van der Waals surface area contributed by atoms with Gasteiger partial charge >= 0.3 is 5.97 Å². The molecule has 0 saturated carbocycles. The van der Waals surface area contributed by atoms with Crippen molar-refractivity contribution in [2.24, 2.45) is 0 Å². The fraction of sp³-hybridized carbons (Fsp3) is 0.375. The van der Waals surface area contributed by atoms with Crippen LogP contribution in [0.1, 0.15) is 27.2 Å². The van der Waals surface area contributed by atoms with Crippen LogP contribution in [0.5, 0.6) is 5.75 Å². The Balaban J connectivity index is 2.76. The third-order valence-corrected chi connectivity index (χ3v) is 2.75. The maximum Gasteiger partial charge on any atom is 0.350 e. The first-order chi connectivity index (χ1) is 10.1. The summed E-state index contributed by atoms with van der Waals surface area (Å²) in [6.45, 7) is 5.97. The highest BCUT2D eigenvalue weighted by atomic mass is 16.5. The molecular formula is C16H20N2O3. The first-order valence-electron chi connectivity index (χ1n) is 6.91. The summed E-state index contributed by atoms with van der Waals surface area (Å²) < 4.78 is 10.5. The van der Waals surface area contributed by atoms with Crippen molar-refractivity contribution in [3.63, 3.8) is 0 Å². The molecule has 0 amide bonds. The zero-order chi connectivity index (χ0) is 15.7. The van der Waals surface area contributed by atoms with Crippen molar-refractivity contribution < 1.29 is 14.3 Å². The van der Waals surface area contributed by atoms with Crippen LogP contribution in [0.3, 0.4) is 0 Å². The molecular weight excluding hydrogens is 268 g/mol. The van der Waals surface area contributed by atoms with Crippen LogP contribution in [0.25, 0.3) is 0 Å². The van der Waals surface area contributed by atoms with Gasteiger partial charge in [-0.1, -0.05) is 13.0 Å². The Hall–Kier alpha value is -2.48. The topological polar surface area (TPSA) is 71.4 Å². The number of nitrogens with one attached hydrogen (secondary N) is 1. The lowest BCUT2D eigenvalue weighted by Crippen LogP contribution is -2.10. The summed E-state index contributed by atoms with van der Waals surface area (Å²) in [4.78, 5) is 11.5. The monoisotopic (exact) mass is 288 g/mol. The number of hydrogen-bond donors (Lipinski definition) is 1. The van der Waals surface area contributed by atoms with Crippen molar-refractivity contribution in [3.05, 3.63) is 36.0 Å². The number of carbonyl (C=O) groups excluding carboxylic acids is 1. The molecule has 1 aromatic rings. The minimum atomic E-state index is -0.639. The van der Waals surface area contributed by atoms with Crippen LogP contribution in [0, 0.1) is 11.3 Å². The van der Waals surface area contributed by atoms with E-state index < -0.39 is 5.97 Å². The number of nitrogens with zero attached hydrogens (tertiary/aromatic N) is 1. The fourth-order valence-electron chi connectivity index (χ4n) is 1.48. The Labute approximate surface area is 125 Å². The number of nitriles is 1. The van der Waals surface area contributed by atoms with E-state index in [1.54, 1.807) is 13.0 Å². The van der Waals surface area contributed by atoms with E-state index in [9.17, 15) is 4.79 Å². The Bertz CT molecular complexity index is 547. The zero-order valence-corrected chi connectivity index (χ0v) is 12.6. The number of hydrogen-bond acceptors (Lipinski definition) is 5. The first-order valence-corrected chi connectivity index (χ1v) is 6.91. The van der Waals surface area contributed by atoms with E-state index in [4.69, 9.17) is 14.7 Å². The van der Waals surface area contributed by atoms with Crippen LogP contribution >= 0.6 is 0 Å². The predicted molar refractivity (Wildman–Crippen MR) is 80.8 cm³/mol. The van der Waals surface area contributed by atoms with E-state index >= 15 is 0 Å². The maximum atomic E-state index is 11.5. The van der Waals surface area contributed by atoms with Crippen molar-refractivity contribution >= 4 is 11.7 Å². The van der Waals surface area contributed by atoms with Gasteiger partial charge in [-0.25, -0.2) is 4.79 Å². The lowest BCUT2D eigenvalue weighted by molar-refractivity contribution is -0.138. The molecule has 0 aromatic heterocycles. The Morgan fingerprint density at radius 3 is 2.86 bits per heavy atom. The van der Waals surface area contributed by atoms with Gasteiger partial charge in [-0.2, -0.15) is 5.26 Å². The van der Waals surface area contributed by atoms with E-state index in [0.29, 0.717) is 0 Å². The highest BCUT2D eigenvalue weighted by Crippen LogP contribution is 2.19. The minimum Gasteiger partial charge on any atom is -0.491 e. The average molecular weight is 288 g/mol. The van der Waals surface area contributed by atoms with Gasteiger partial charge < -0.3 is 14.8 Å². The molecule has 0 radical (unpaired) electrons. The summed E-state index contributed by atoms with van der Waals surface area (Å²) in [5, 5.41) is 11.8. The van der Waals surface area contributed by atoms with Crippen LogP contribution in [0.4, 0.5) is 5.69 Å². The van der Waals surface area contributed by atoms with Gasteiger partial charge in [0, 0.05) is 18.0 Å². The number of esters is 1. The third-order valence-electron chi connectivity index (χ3n) is 2.75. The van der Waals surface area contributed by atoms with Gasteiger partial charge in [0.15, 0.2) is 5.57 Å². The second-order valence-electron chi connectivity index (χ2n) is 4.40. The SMILES string of the molecule is CCOC(=O)/C(C#N)=C\Nc1cccc(OC(C)CC)c1. The van der Waals surface area contributed by atoms with Gasteiger partial charge in [0.2, 0.25) is 0 Å². The Morgan fingerprint density at radius 1 is 1.48 bits per heavy atom. The molecule has 0 saturated heterocycles. The van der Waals surface area contributed by atoms with E-state index in [1.807, 2.05) is 38.1 Å². The van der Waals surface area contributed by atoms with E-state index in [1.165, 1.54) is 6.20 Å². The third kappa shape index (κ3) is 5.57. The zero-order valence-electron chi connectivity index (χ0n) is 12.6. The van der Waals surface area contributed by atoms with Gasteiger partial charge in [-0.15, -0.1) is 0 Å². The van der Waals surface area contributed by atoms with Gasteiger partial charge in [-0.05, 0) is 32.4 Å². The first kappa shape index (κ1) is 16.6. The number of anilines is 1. The highest BCUT2D eigenvalue weighted by Gasteiger charge is 2.09. The Morgan fingerprint density at radius 2 is 2.24 bits per heavy atom. The number of benzene rings is 1. The smallest absolute Gasteiger partial charge is 0.350 e. The summed E-state index contributed by atoms with van der Waals surface area (Å²) in [6.07, 6.45) is 2.38. The van der Waals surface area contributed by atoms with Crippen molar-refractivity contribution in [3.8, 4) is 11.8 Å². The largest absolute Gasteiger partial charge is 0.491 e. The Kier molecular flexibility index (Phi) is 6.82. The van der Waals surface area contributed by atoms with E-state index in [2.05, 4.69) is 5.32 Å². The molecule has 112 valence electrons. The molecule has 5 heteroatoms. The second-order valence-corrected chi connectivity index (χ2v) is 4.40. The molecule has 0 aliphatic heterocycles. The molecule has 0 bridgehead atoms. The van der Waals surface area contributed by atoms with Gasteiger partial charge in [0.1, 0.15) is 11.8 Å². The van der Waals surface area contributed by atoms with Crippen LogP contribution in [-0.4, -0.2) is 18.7 Å². The number of ether oxygens (including phenoxy) is 2. The normalized spacial score (nSPS) is 12.2. The molecule has 1 aromatic carbocycles. The van der Waals surface area contributed by atoms with Gasteiger partial charge in [0.05, 0.1) is 12.7 Å². The number of rotatable bonds is 7. The van der Waals surface area contributed by atoms with Crippen molar-refractivity contribution in [2.45, 2.75) is 33.3 Å². The summed E-state index contributed by atoms with van der Waals surface area (Å²) in [6, 6.07) is 9.13. The molecule has 21 heavy (non-hydrogen) atoms. The molecule has 0 aliphatic carbocycles. The quantitative estimate of drug-likeness (QED) is 0.474. The molecule has 0 aliphatic rings. The molecule has 1 atom stereocenters. The predicted octanol–water partition coefficient (Wildman–Crippen LogP) is 3.25. The fourth-order valence-corrected chi connectivity index (χ4v) is 1.48. The summed E-state index contributed by atoms with van der Waals surface area (Å²) in [5.41, 5.74) is 0.651. The van der Waals surface area contributed by atoms with Crippen molar-refractivity contribution in [2.75, 3.05) is 11.9 Å². The van der Waals surface area contributed by atoms with Crippen LogP contribution in [0.2, 0.25) is 0 Å². The maximum absolute atomic E-state index is 11.5. The summed E-state index contributed by atoms with van der Waals surface area (Å²) in [7, 11) is 0. The lowest BCUT2D eigenvalue weighted by atomic mass is 10.2. The summed E-state index contributed by atoms with van der Waals surface area (Å²) >= 11 is 0. The average Bonchev–Trinajstić information content (AvgIpc) is 2.48. The van der Waals surface area contributed by atoms with Crippen LogP contribution in [-0.2, 0) is 9.53 Å². The molecule has 0 heterocycles. The standard InChI is InChI=1S/C16H20N2O3/c1-4-12(3)21-15-8-6-7-14(9-15)18-11-13(10-17)16(19)20-5-2/h6-9,11-12,18H,4-5H2,1-3H3/b13-11-. The van der Waals surface area contributed by atoms with Crippen molar-refractivity contribution in [1.29, 1.82) is 5.26 Å². The molecule has 5 nitrogen and oxygen atoms in total. The molecule has 0 spiro atoms. The van der Waals surface area contributed by atoms with Crippen LogP contribution in [0.15, 0.2) is 36.0 Å². The van der Waals surface area contributed by atoms with E-state index in [0.717, 1.165) is 17.9 Å². The van der Waals surface area contributed by atoms with Crippen LogP contribution < -0.4 is 10.1 Å². The highest BCUT2D eigenvalue weighted by molar-refractivity contribution is 5.93. The van der Waals surface area contributed by atoms with Crippen molar-refractivity contribution in [1.82, 2.24) is 0 Å². The molecule has 1 rings (SSSR count). The van der Waals surface area contributed by atoms with E-state index in [-0.39, 0.29) is 18.3 Å². The molecule has 0 fully saturated rings. The van der Waals surface area contributed by atoms with Gasteiger partial charge in [-0.3, -0.25) is 0 Å². The minimum absolute atomic E-state index is 0.0786. The molecule has 1 unspecified atom stereocenters. The molecule has 1 N–H and O–H groups in total. The lowest BCUT2D eigenvalue weighted by Gasteiger charge is -2.13. The number of carbonyl (C=O) groups is 1. The summed E-state index contributed by atoms with van der Waals surface area (Å²) in [5.74, 6) is 0.0944. The van der Waals surface area contributed by atoms with Gasteiger partial charge in [0.25, 0.3) is 0 Å².